The second-order valence-electron chi connectivity index (χ2n) is 32.0. The third-order valence-corrected chi connectivity index (χ3v) is 47.2. The molecule has 0 aliphatic rings. The fraction of sp³-hybridized carbons (Fsp3) is 0.374. The lowest BCUT2D eigenvalue weighted by atomic mass is 10.0. The largest absolute Gasteiger partial charge is 0.392 e. The SMILES string of the molecule is CC(C)[Si](C#Cc1ccc(C#Cc2ccc(C#Cc3ccc(CO)cc3C#Cc3ccc(C#Cc4ccc(C#C[Si](C(C)C)(C(C)C)C(C)C)cc4)c(C#Cc4ccc(C#C[Si](C(C)C)(C(C)C)C(C)C)cc4)c3)cc2C#Cc2ccc(C#C[Si](C(C)C)(C(C)C)C(C)C)cc2)cc1)(C(C)C)C(C)C. The third kappa shape index (κ3) is 20.1. The monoisotopic (exact) mass is 1430 g/mol. The second kappa shape index (κ2) is 37.1. The predicted octanol–water partition coefficient (Wildman–Crippen LogP) is 23.9. The van der Waals surface area contributed by atoms with E-state index in [2.05, 4.69) is 380 Å². The Bertz CT molecular complexity index is 4760. The van der Waals surface area contributed by atoms with Gasteiger partial charge in [0.25, 0.3) is 0 Å². The third-order valence-electron chi connectivity index (χ3n) is 22.1. The Morgan fingerprint density at radius 3 is 0.558 bits per heavy atom. The molecule has 0 aromatic heterocycles. The summed E-state index contributed by atoms with van der Waals surface area (Å²) in [5.41, 5.74) is 36.5. The van der Waals surface area contributed by atoms with Crippen LogP contribution in [0.3, 0.4) is 0 Å². The van der Waals surface area contributed by atoms with Gasteiger partial charge in [0.05, 0.1) is 6.61 Å². The van der Waals surface area contributed by atoms with Crippen molar-refractivity contribution in [3.8, 4) is 117 Å². The summed E-state index contributed by atoms with van der Waals surface area (Å²) in [6, 6.07) is 51.1. The molecule has 7 aromatic rings. The zero-order chi connectivity index (χ0) is 76.3. The molecule has 0 heterocycles. The Labute approximate surface area is 635 Å². The molecule has 7 aromatic carbocycles. The van der Waals surface area contributed by atoms with Crippen LogP contribution in [0.2, 0.25) is 66.5 Å². The van der Waals surface area contributed by atoms with E-state index in [4.69, 9.17) is 0 Å². The maximum Gasteiger partial charge on any atom is 0.146 e. The van der Waals surface area contributed by atoms with Gasteiger partial charge in [0.1, 0.15) is 32.3 Å². The molecule has 0 aliphatic carbocycles. The maximum absolute atomic E-state index is 10.4. The van der Waals surface area contributed by atoms with Crippen LogP contribution in [0, 0.1) is 117 Å². The molecule has 0 spiro atoms. The summed E-state index contributed by atoms with van der Waals surface area (Å²) in [5.74, 6) is 55.9. The minimum absolute atomic E-state index is 0.140. The van der Waals surface area contributed by atoms with Gasteiger partial charge in [-0.2, -0.15) is 0 Å². The average molecular weight is 1430 g/mol. The molecule has 0 saturated carbocycles. The van der Waals surface area contributed by atoms with Gasteiger partial charge in [-0.3, -0.25) is 0 Å². The Morgan fingerprint density at radius 2 is 0.356 bits per heavy atom. The molecule has 5 heteroatoms. The summed E-state index contributed by atoms with van der Waals surface area (Å²) in [6.45, 7) is 56.2. The molecule has 0 bridgehead atoms. The molecule has 7 rings (SSSR count). The van der Waals surface area contributed by atoms with E-state index in [1.165, 1.54) is 0 Å². The average Bonchev–Trinajstić information content (AvgIpc) is 0.816. The van der Waals surface area contributed by atoms with Crippen molar-refractivity contribution in [3.63, 3.8) is 0 Å². The van der Waals surface area contributed by atoms with Crippen molar-refractivity contribution in [2.45, 2.75) is 239 Å². The molecular weight excluding hydrogens is 1320 g/mol. The molecule has 104 heavy (non-hydrogen) atoms. The molecule has 1 N–H and O–H groups in total. The zero-order valence-electron chi connectivity index (χ0n) is 67.0. The van der Waals surface area contributed by atoms with E-state index in [1.807, 2.05) is 54.6 Å². The molecule has 0 atom stereocenters. The van der Waals surface area contributed by atoms with Crippen LogP contribution in [0.25, 0.3) is 0 Å². The van der Waals surface area contributed by atoms with Crippen LogP contribution in [0.4, 0.5) is 0 Å². The molecule has 0 saturated heterocycles. The summed E-state index contributed by atoms with van der Waals surface area (Å²) in [6.07, 6.45) is 0. The molecule has 0 amide bonds. The summed E-state index contributed by atoms with van der Waals surface area (Å²) in [7, 11) is -7.59. The quantitative estimate of drug-likeness (QED) is 0.0901. The van der Waals surface area contributed by atoms with Crippen molar-refractivity contribution >= 4 is 32.3 Å². The van der Waals surface area contributed by atoms with Crippen LogP contribution >= 0.6 is 0 Å². The van der Waals surface area contributed by atoms with Crippen LogP contribution in [0.15, 0.2) is 152 Å². The van der Waals surface area contributed by atoms with Crippen LogP contribution in [-0.2, 0) is 6.61 Å². The Balaban J connectivity index is 1.28. The summed E-state index contributed by atoms with van der Waals surface area (Å²) in [5, 5.41) is 10.4. The number of aliphatic hydroxyl groups excluding tert-OH is 1. The van der Waals surface area contributed by atoms with Gasteiger partial charge in [0.2, 0.25) is 0 Å². The van der Waals surface area contributed by atoms with Gasteiger partial charge in [0, 0.05) is 89.0 Å². The number of aliphatic hydroxyl groups is 1. The first kappa shape index (κ1) is 82.3. The highest BCUT2D eigenvalue weighted by Gasteiger charge is 2.44. The Hall–Kier alpha value is -9.03. The normalized spacial score (nSPS) is 11.4. The maximum atomic E-state index is 10.4. The summed E-state index contributed by atoms with van der Waals surface area (Å²) in [4.78, 5) is 0. The standard InChI is InChI=1S/C99H112OSi4/c1-71(2)101(72(3)4,73(5)6)63-59-87-33-25-83(26-34-87)41-50-94-52-45-91(67-97(94)56-43-85-29-37-89(38-30-85)61-65-103(77(13)14,78(15)16)79(17)18)46-54-96-55-49-93(70-100)69-99(96)58-48-92-47-53-95(51-42-84-27-35-88(36-28-84)60-64-102(74(7)8,75(9)10)76(11)12)98(68-92)57-44-86-31-39-90(40-32-86)62-66-104(80(19)20,81(21)22)82(23)24/h25-40,45,47,49,52-53,55,67-69,71-82,100H,70H2,1-24H3. The van der Waals surface area contributed by atoms with Gasteiger partial charge in [-0.1, -0.05) is 267 Å². The first-order valence-corrected chi connectivity index (χ1v) is 46.9. The highest BCUT2D eigenvalue weighted by Crippen LogP contribution is 2.44. The minimum atomic E-state index is -1.90. The van der Waals surface area contributed by atoms with E-state index in [-0.39, 0.29) is 6.61 Å². The van der Waals surface area contributed by atoms with E-state index in [1.54, 1.807) is 0 Å². The lowest BCUT2D eigenvalue weighted by Gasteiger charge is -2.38. The smallest absolute Gasteiger partial charge is 0.146 e. The van der Waals surface area contributed by atoms with Crippen LogP contribution in [-0.4, -0.2) is 37.4 Å². The van der Waals surface area contributed by atoms with E-state index >= 15 is 0 Å². The van der Waals surface area contributed by atoms with Crippen molar-refractivity contribution in [2.24, 2.45) is 0 Å². The second-order valence-corrected chi connectivity index (χ2v) is 54.3. The lowest BCUT2D eigenvalue weighted by molar-refractivity contribution is 0.282. The fourth-order valence-corrected chi connectivity index (χ4v) is 37.3. The minimum Gasteiger partial charge on any atom is -0.392 e. The summed E-state index contributed by atoms with van der Waals surface area (Å²) >= 11 is 0. The van der Waals surface area contributed by atoms with Gasteiger partial charge in [-0.25, -0.2) is 0 Å². The first-order valence-electron chi connectivity index (χ1n) is 38.0. The molecule has 0 aliphatic heterocycles. The van der Waals surface area contributed by atoms with Crippen molar-refractivity contribution in [2.75, 3.05) is 0 Å². The molecular formula is C99H112OSi4. The van der Waals surface area contributed by atoms with Crippen molar-refractivity contribution in [1.82, 2.24) is 0 Å². The van der Waals surface area contributed by atoms with E-state index < -0.39 is 32.3 Å². The fourth-order valence-electron chi connectivity index (χ4n) is 16.4. The topological polar surface area (TPSA) is 20.2 Å². The number of benzene rings is 7. The van der Waals surface area contributed by atoms with E-state index in [9.17, 15) is 5.11 Å². The molecule has 530 valence electrons. The molecule has 0 radical (unpaired) electrons. The molecule has 1 nitrogen and oxygen atoms in total. The Kier molecular flexibility index (Phi) is 29.3. The summed E-state index contributed by atoms with van der Waals surface area (Å²) < 4.78 is 0. The van der Waals surface area contributed by atoms with Gasteiger partial charge in [0.15, 0.2) is 0 Å². The number of hydrogen-bond donors (Lipinski definition) is 1. The highest BCUT2D eigenvalue weighted by molar-refractivity contribution is 6.92. The van der Waals surface area contributed by atoms with E-state index in [0.29, 0.717) is 72.1 Å². The Morgan fingerprint density at radius 1 is 0.192 bits per heavy atom. The number of rotatable bonds is 13. The zero-order valence-corrected chi connectivity index (χ0v) is 71.0. The highest BCUT2D eigenvalue weighted by atomic mass is 28.3. The van der Waals surface area contributed by atoms with Crippen LogP contribution < -0.4 is 0 Å². The van der Waals surface area contributed by atoms with Crippen LogP contribution in [0.5, 0.6) is 0 Å². The molecule has 0 fully saturated rings. The number of hydrogen-bond acceptors (Lipinski definition) is 1. The molecule has 0 unspecified atom stereocenters. The van der Waals surface area contributed by atoms with Gasteiger partial charge < -0.3 is 5.11 Å². The lowest BCUT2D eigenvalue weighted by Crippen LogP contribution is -2.43. The first-order chi connectivity index (χ1) is 49.3. The van der Waals surface area contributed by atoms with Gasteiger partial charge >= 0.3 is 0 Å². The van der Waals surface area contributed by atoms with Gasteiger partial charge in [-0.15, -0.1) is 22.2 Å². The van der Waals surface area contributed by atoms with E-state index in [0.717, 1.165) is 89.0 Å². The van der Waals surface area contributed by atoms with Crippen molar-refractivity contribution in [3.05, 3.63) is 246 Å². The van der Waals surface area contributed by atoms with Crippen molar-refractivity contribution < 1.29 is 5.11 Å². The van der Waals surface area contributed by atoms with Gasteiger partial charge in [-0.05, 0) is 218 Å². The van der Waals surface area contributed by atoms with Crippen molar-refractivity contribution in [1.29, 1.82) is 0 Å². The van der Waals surface area contributed by atoms with Crippen LogP contribution in [0.1, 0.15) is 261 Å². The predicted molar refractivity (Wildman–Crippen MR) is 459 cm³/mol.